The van der Waals surface area contributed by atoms with Gasteiger partial charge < -0.3 is 5.32 Å². The van der Waals surface area contributed by atoms with Crippen LogP contribution in [-0.2, 0) is 5.41 Å². The van der Waals surface area contributed by atoms with Gasteiger partial charge in [0.05, 0.1) is 0 Å². The number of nitrogens with one attached hydrogen (secondary N) is 1. The van der Waals surface area contributed by atoms with Crippen molar-refractivity contribution in [1.82, 2.24) is 0 Å². The molecule has 2 aliphatic rings. The Labute approximate surface area is 111 Å². The van der Waals surface area contributed by atoms with E-state index in [1.807, 2.05) is 0 Å². The zero-order chi connectivity index (χ0) is 13.0. The molecule has 1 heteroatoms. The van der Waals surface area contributed by atoms with E-state index in [0.29, 0.717) is 11.3 Å². The topological polar surface area (TPSA) is 12.0 Å². The molecule has 3 rings (SSSR count). The van der Waals surface area contributed by atoms with Crippen LogP contribution in [0.5, 0.6) is 0 Å². The Hall–Kier alpha value is -0.980. The molecule has 1 fully saturated rings. The molecule has 0 spiro atoms. The van der Waals surface area contributed by atoms with Crippen molar-refractivity contribution in [2.75, 3.05) is 5.32 Å². The fourth-order valence-corrected chi connectivity index (χ4v) is 3.92. The first-order valence-corrected chi connectivity index (χ1v) is 7.39. The van der Waals surface area contributed by atoms with Gasteiger partial charge in [0.2, 0.25) is 0 Å². The summed E-state index contributed by atoms with van der Waals surface area (Å²) in [7, 11) is 0. The van der Waals surface area contributed by atoms with Crippen LogP contribution in [0.25, 0.3) is 0 Å². The highest BCUT2D eigenvalue weighted by Gasteiger charge is 2.52. The Bertz CT molecular complexity index is 476. The van der Waals surface area contributed by atoms with Crippen LogP contribution in [0.2, 0.25) is 0 Å². The lowest BCUT2D eigenvalue weighted by molar-refractivity contribution is 0.214. The standard InChI is InChI=1S/C17H25N/c1-12(2)13-7-8-15-14(11-13)16(3)9-5-6-10-17(16,4)18-15/h7-8,11-12,18H,5-6,9-10H2,1-4H3. The van der Waals surface area contributed by atoms with Crippen molar-refractivity contribution in [3.63, 3.8) is 0 Å². The first-order chi connectivity index (χ1) is 8.46. The highest BCUT2D eigenvalue weighted by molar-refractivity contribution is 5.65. The molecule has 1 N–H and O–H groups in total. The molecule has 0 bridgehead atoms. The summed E-state index contributed by atoms with van der Waals surface area (Å²) in [6, 6.07) is 7.06. The normalized spacial score (nSPS) is 34.1. The van der Waals surface area contributed by atoms with Gasteiger partial charge in [-0.2, -0.15) is 0 Å². The van der Waals surface area contributed by atoms with Crippen LogP contribution in [-0.4, -0.2) is 5.54 Å². The fraction of sp³-hybridized carbons (Fsp3) is 0.647. The van der Waals surface area contributed by atoms with Gasteiger partial charge in [0, 0.05) is 16.6 Å². The Morgan fingerprint density at radius 3 is 2.56 bits per heavy atom. The molecule has 1 saturated carbocycles. The molecule has 1 aliphatic carbocycles. The van der Waals surface area contributed by atoms with Gasteiger partial charge in [0.25, 0.3) is 0 Å². The van der Waals surface area contributed by atoms with Crippen LogP contribution in [0.15, 0.2) is 18.2 Å². The van der Waals surface area contributed by atoms with Crippen molar-refractivity contribution in [2.24, 2.45) is 0 Å². The van der Waals surface area contributed by atoms with Crippen molar-refractivity contribution in [3.8, 4) is 0 Å². The van der Waals surface area contributed by atoms with Crippen LogP contribution in [0.1, 0.15) is 70.4 Å². The second kappa shape index (κ2) is 3.76. The van der Waals surface area contributed by atoms with E-state index >= 15 is 0 Å². The monoisotopic (exact) mass is 243 g/mol. The second-order valence-corrected chi connectivity index (χ2v) is 6.96. The van der Waals surface area contributed by atoms with Gasteiger partial charge >= 0.3 is 0 Å². The molecule has 98 valence electrons. The SMILES string of the molecule is CC(C)c1ccc2c(c1)C1(C)CCCCC1(C)N2. The molecule has 0 saturated heterocycles. The van der Waals surface area contributed by atoms with E-state index < -0.39 is 0 Å². The van der Waals surface area contributed by atoms with Gasteiger partial charge in [0.1, 0.15) is 0 Å². The molecular weight excluding hydrogens is 218 g/mol. The predicted octanol–water partition coefficient (Wildman–Crippen LogP) is 4.83. The van der Waals surface area contributed by atoms with Gasteiger partial charge in [-0.3, -0.25) is 0 Å². The Morgan fingerprint density at radius 2 is 1.83 bits per heavy atom. The minimum atomic E-state index is 0.267. The molecule has 2 atom stereocenters. The minimum absolute atomic E-state index is 0.267. The molecule has 0 amide bonds. The second-order valence-electron chi connectivity index (χ2n) is 6.96. The van der Waals surface area contributed by atoms with E-state index in [0.717, 1.165) is 0 Å². The van der Waals surface area contributed by atoms with E-state index in [1.165, 1.54) is 36.9 Å². The van der Waals surface area contributed by atoms with Crippen LogP contribution in [0, 0.1) is 0 Å². The Kier molecular flexibility index (Phi) is 2.52. The van der Waals surface area contributed by atoms with Gasteiger partial charge in [-0.05, 0) is 42.9 Å². The van der Waals surface area contributed by atoms with Gasteiger partial charge in [-0.15, -0.1) is 0 Å². The molecule has 1 heterocycles. The Morgan fingerprint density at radius 1 is 1.11 bits per heavy atom. The quantitative estimate of drug-likeness (QED) is 0.745. The fourth-order valence-electron chi connectivity index (χ4n) is 3.92. The lowest BCUT2D eigenvalue weighted by Gasteiger charge is -2.45. The first kappa shape index (κ1) is 12.1. The van der Waals surface area contributed by atoms with Crippen molar-refractivity contribution < 1.29 is 0 Å². The van der Waals surface area contributed by atoms with Crippen molar-refractivity contribution in [1.29, 1.82) is 0 Å². The summed E-state index contributed by atoms with van der Waals surface area (Å²) in [6.07, 6.45) is 5.36. The maximum Gasteiger partial charge on any atom is 0.0440 e. The van der Waals surface area contributed by atoms with Gasteiger partial charge in [0.15, 0.2) is 0 Å². The molecule has 1 aromatic rings. The number of hydrogen-bond acceptors (Lipinski definition) is 1. The number of benzene rings is 1. The third kappa shape index (κ3) is 1.46. The lowest BCUT2D eigenvalue weighted by Crippen LogP contribution is -2.50. The summed E-state index contributed by atoms with van der Waals surface area (Å²) in [4.78, 5) is 0. The average molecular weight is 243 g/mol. The summed E-state index contributed by atoms with van der Waals surface area (Å²) in [5.41, 5.74) is 5.02. The van der Waals surface area contributed by atoms with E-state index in [2.05, 4.69) is 51.2 Å². The summed E-state index contributed by atoms with van der Waals surface area (Å²) < 4.78 is 0. The van der Waals surface area contributed by atoms with Crippen LogP contribution < -0.4 is 5.32 Å². The van der Waals surface area contributed by atoms with Crippen molar-refractivity contribution in [3.05, 3.63) is 29.3 Å². The number of anilines is 1. The van der Waals surface area contributed by atoms with Gasteiger partial charge in [-0.25, -0.2) is 0 Å². The summed E-state index contributed by atoms with van der Waals surface area (Å²) >= 11 is 0. The van der Waals surface area contributed by atoms with E-state index in [1.54, 1.807) is 5.56 Å². The van der Waals surface area contributed by atoms with E-state index in [9.17, 15) is 0 Å². The molecule has 2 unspecified atom stereocenters. The van der Waals surface area contributed by atoms with Gasteiger partial charge in [-0.1, -0.05) is 45.7 Å². The smallest absolute Gasteiger partial charge is 0.0440 e. The summed E-state index contributed by atoms with van der Waals surface area (Å²) in [5.74, 6) is 0.620. The highest BCUT2D eigenvalue weighted by Crippen LogP contribution is 2.55. The maximum atomic E-state index is 3.82. The lowest BCUT2D eigenvalue weighted by atomic mass is 9.62. The largest absolute Gasteiger partial charge is 0.379 e. The molecule has 1 aliphatic heterocycles. The molecule has 1 aromatic carbocycles. The number of hydrogen-bond donors (Lipinski definition) is 1. The van der Waals surface area contributed by atoms with Crippen LogP contribution in [0.4, 0.5) is 5.69 Å². The van der Waals surface area contributed by atoms with Crippen LogP contribution >= 0.6 is 0 Å². The van der Waals surface area contributed by atoms with Crippen molar-refractivity contribution in [2.45, 2.75) is 70.3 Å². The highest BCUT2D eigenvalue weighted by atomic mass is 15.0. The summed E-state index contributed by atoms with van der Waals surface area (Å²) in [6.45, 7) is 9.45. The Balaban J connectivity index is 2.12. The zero-order valence-electron chi connectivity index (χ0n) is 12.1. The predicted molar refractivity (Wildman–Crippen MR) is 78.4 cm³/mol. The maximum absolute atomic E-state index is 3.82. The third-order valence-electron chi connectivity index (χ3n) is 5.54. The van der Waals surface area contributed by atoms with E-state index in [4.69, 9.17) is 0 Å². The molecule has 0 aromatic heterocycles. The third-order valence-corrected chi connectivity index (χ3v) is 5.54. The molecular formula is C17H25N. The average Bonchev–Trinajstić information content (AvgIpc) is 2.56. The van der Waals surface area contributed by atoms with Crippen LogP contribution in [0.3, 0.4) is 0 Å². The minimum Gasteiger partial charge on any atom is -0.379 e. The molecule has 18 heavy (non-hydrogen) atoms. The number of rotatable bonds is 1. The number of fused-ring (bicyclic) bond motifs is 3. The zero-order valence-corrected chi connectivity index (χ0v) is 12.1. The van der Waals surface area contributed by atoms with Crippen molar-refractivity contribution >= 4 is 5.69 Å². The first-order valence-electron chi connectivity index (χ1n) is 7.39. The molecule has 1 nitrogen and oxygen atoms in total. The van der Waals surface area contributed by atoms with E-state index in [-0.39, 0.29) is 5.54 Å². The summed E-state index contributed by atoms with van der Waals surface area (Å²) in [5, 5.41) is 3.82. The molecule has 0 radical (unpaired) electrons.